The zero-order chi connectivity index (χ0) is 15.1. The van der Waals surface area contributed by atoms with Crippen LogP contribution in [0.5, 0.6) is 5.75 Å². The number of benzene rings is 1. The number of hydrogen-bond donors (Lipinski definition) is 1. The van der Waals surface area contributed by atoms with Crippen LogP contribution in [0.2, 0.25) is 4.34 Å². The minimum atomic E-state index is 0.672. The molecule has 0 atom stereocenters. The van der Waals surface area contributed by atoms with Crippen LogP contribution in [0.4, 0.5) is 0 Å². The topological polar surface area (TPSA) is 38.5 Å². The first-order valence-electron chi connectivity index (χ1n) is 7.02. The van der Waals surface area contributed by atoms with Crippen molar-refractivity contribution in [3.05, 3.63) is 51.2 Å². The first-order valence-corrected chi connectivity index (χ1v) is 8.21. The summed E-state index contributed by atoms with van der Waals surface area (Å²) in [6, 6.07) is 12.2. The lowest BCUT2D eigenvalue weighted by Gasteiger charge is -2.16. The number of halogens is 1. The Morgan fingerprint density at radius 3 is 2.57 bits per heavy atom. The summed E-state index contributed by atoms with van der Waals surface area (Å²) in [7, 11) is 2.08. The summed E-state index contributed by atoms with van der Waals surface area (Å²) in [4.78, 5) is 3.50. The lowest BCUT2D eigenvalue weighted by molar-refractivity contribution is 0.234. The second kappa shape index (κ2) is 8.39. The molecule has 0 saturated heterocycles. The highest BCUT2D eigenvalue weighted by Gasteiger charge is 2.03. The number of nitrogens with zero attached hydrogens (tertiary/aromatic N) is 1. The Morgan fingerprint density at radius 1 is 1.19 bits per heavy atom. The number of ether oxygens (including phenoxy) is 1. The standard InChI is InChI=1S/C16H21ClN2OS/c1-19(12-15-6-7-16(17)21-15)10-11-20-14-4-2-13(3-5-14)8-9-18/h2-7H,8-12,18H2,1H3. The van der Waals surface area contributed by atoms with Crippen molar-refractivity contribution in [2.75, 3.05) is 26.7 Å². The average Bonchev–Trinajstić information content (AvgIpc) is 2.86. The highest BCUT2D eigenvalue weighted by molar-refractivity contribution is 7.16. The minimum Gasteiger partial charge on any atom is -0.492 e. The molecule has 1 aromatic carbocycles. The number of likely N-dealkylation sites (N-methyl/N-ethyl adjacent to an activating group) is 1. The third-order valence-electron chi connectivity index (χ3n) is 3.15. The number of nitrogens with two attached hydrogens (primary N) is 1. The second-order valence-corrected chi connectivity index (χ2v) is 6.77. The molecule has 1 heterocycles. The highest BCUT2D eigenvalue weighted by Crippen LogP contribution is 2.22. The van der Waals surface area contributed by atoms with Gasteiger partial charge >= 0.3 is 0 Å². The van der Waals surface area contributed by atoms with Crippen molar-refractivity contribution in [1.29, 1.82) is 0 Å². The van der Waals surface area contributed by atoms with Gasteiger partial charge in [-0.1, -0.05) is 23.7 Å². The molecule has 0 fully saturated rings. The van der Waals surface area contributed by atoms with Gasteiger partial charge in [-0.05, 0) is 49.8 Å². The maximum Gasteiger partial charge on any atom is 0.119 e. The van der Waals surface area contributed by atoms with E-state index >= 15 is 0 Å². The smallest absolute Gasteiger partial charge is 0.119 e. The summed E-state index contributed by atoms with van der Waals surface area (Å²) in [6.07, 6.45) is 0.909. The fourth-order valence-electron chi connectivity index (χ4n) is 2.02. The van der Waals surface area contributed by atoms with Gasteiger partial charge in [-0.15, -0.1) is 11.3 Å². The highest BCUT2D eigenvalue weighted by atomic mass is 35.5. The molecule has 0 radical (unpaired) electrons. The van der Waals surface area contributed by atoms with E-state index in [1.54, 1.807) is 11.3 Å². The van der Waals surface area contributed by atoms with Crippen LogP contribution in [0.25, 0.3) is 0 Å². The molecule has 0 aliphatic carbocycles. The van der Waals surface area contributed by atoms with E-state index in [2.05, 4.69) is 30.1 Å². The fraction of sp³-hybridized carbons (Fsp3) is 0.375. The average molecular weight is 325 g/mol. The van der Waals surface area contributed by atoms with Crippen molar-refractivity contribution >= 4 is 22.9 Å². The minimum absolute atomic E-state index is 0.672. The van der Waals surface area contributed by atoms with Gasteiger partial charge in [-0.3, -0.25) is 4.90 Å². The molecule has 0 aliphatic heterocycles. The molecule has 2 aromatic rings. The van der Waals surface area contributed by atoms with Gasteiger partial charge in [-0.25, -0.2) is 0 Å². The van der Waals surface area contributed by atoms with Gasteiger partial charge in [0.15, 0.2) is 0 Å². The molecule has 0 spiro atoms. The lowest BCUT2D eigenvalue weighted by atomic mass is 10.1. The normalized spacial score (nSPS) is 11.0. The molecular weight excluding hydrogens is 304 g/mol. The van der Waals surface area contributed by atoms with Crippen molar-refractivity contribution in [1.82, 2.24) is 4.90 Å². The quantitative estimate of drug-likeness (QED) is 0.808. The van der Waals surface area contributed by atoms with Crippen molar-refractivity contribution in [2.45, 2.75) is 13.0 Å². The lowest BCUT2D eigenvalue weighted by Crippen LogP contribution is -2.23. The van der Waals surface area contributed by atoms with E-state index in [9.17, 15) is 0 Å². The number of hydrogen-bond acceptors (Lipinski definition) is 4. The molecule has 0 amide bonds. The Kier molecular flexibility index (Phi) is 6.51. The van der Waals surface area contributed by atoms with E-state index in [0.717, 1.165) is 29.6 Å². The Balaban J connectivity index is 1.70. The van der Waals surface area contributed by atoms with Crippen molar-refractivity contribution < 1.29 is 4.74 Å². The van der Waals surface area contributed by atoms with Crippen molar-refractivity contribution in [2.24, 2.45) is 5.73 Å². The van der Waals surface area contributed by atoms with Gasteiger partial charge in [0.05, 0.1) is 4.34 Å². The Bertz CT molecular complexity index is 541. The third-order valence-corrected chi connectivity index (χ3v) is 4.37. The van der Waals surface area contributed by atoms with Crippen molar-refractivity contribution in [3.63, 3.8) is 0 Å². The molecule has 3 nitrogen and oxygen atoms in total. The van der Waals surface area contributed by atoms with E-state index < -0.39 is 0 Å². The Morgan fingerprint density at radius 2 is 1.95 bits per heavy atom. The van der Waals surface area contributed by atoms with E-state index in [0.29, 0.717) is 13.2 Å². The van der Waals surface area contributed by atoms with Gasteiger partial charge in [0.2, 0.25) is 0 Å². The molecule has 5 heteroatoms. The summed E-state index contributed by atoms with van der Waals surface area (Å²) in [5.41, 5.74) is 6.78. The predicted octanol–water partition coefficient (Wildman–Crippen LogP) is 3.41. The molecule has 2 N–H and O–H groups in total. The molecule has 114 valence electrons. The van der Waals surface area contributed by atoms with Gasteiger partial charge in [0, 0.05) is 18.0 Å². The predicted molar refractivity (Wildman–Crippen MR) is 90.4 cm³/mol. The zero-order valence-corrected chi connectivity index (χ0v) is 13.8. The zero-order valence-electron chi connectivity index (χ0n) is 12.2. The second-order valence-electron chi connectivity index (χ2n) is 4.97. The van der Waals surface area contributed by atoms with Crippen molar-refractivity contribution in [3.8, 4) is 5.75 Å². The largest absolute Gasteiger partial charge is 0.492 e. The van der Waals surface area contributed by atoms with E-state index in [1.807, 2.05) is 18.2 Å². The molecule has 0 saturated carbocycles. The first kappa shape index (κ1) is 16.3. The van der Waals surface area contributed by atoms with E-state index in [-0.39, 0.29) is 0 Å². The Labute approximate surface area is 135 Å². The van der Waals surface area contributed by atoms with Gasteiger partial charge in [0.1, 0.15) is 12.4 Å². The number of rotatable bonds is 8. The van der Waals surface area contributed by atoms with Gasteiger partial charge in [0.25, 0.3) is 0 Å². The van der Waals surface area contributed by atoms with Crippen LogP contribution in [0.15, 0.2) is 36.4 Å². The molecule has 0 unspecified atom stereocenters. The molecule has 0 aliphatic rings. The molecular formula is C16H21ClN2OS. The molecule has 0 bridgehead atoms. The summed E-state index contributed by atoms with van der Waals surface area (Å²) in [5.74, 6) is 0.906. The van der Waals surface area contributed by atoms with Crippen LogP contribution in [0.3, 0.4) is 0 Å². The van der Waals surface area contributed by atoms with Crippen LogP contribution < -0.4 is 10.5 Å². The molecule has 2 rings (SSSR count). The summed E-state index contributed by atoms with van der Waals surface area (Å²) in [5, 5.41) is 0. The van der Waals surface area contributed by atoms with E-state index in [4.69, 9.17) is 22.1 Å². The summed E-state index contributed by atoms with van der Waals surface area (Å²) in [6.45, 7) is 3.12. The maximum atomic E-state index is 5.93. The Hall–Kier alpha value is -1.07. The van der Waals surface area contributed by atoms with Crippen LogP contribution >= 0.6 is 22.9 Å². The van der Waals surface area contributed by atoms with E-state index in [1.165, 1.54) is 10.4 Å². The first-order chi connectivity index (χ1) is 10.2. The maximum absolute atomic E-state index is 5.93. The monoisotopic (exact) mass is 324 g/mol. The van der Waals surface area contributed by atoms with Gasteiger partial charge in [-0.2, -0.15) is 0 Å². The van der Waals surface area contributed by atoms with Crippen LogP contribution in [-0.2, 0) is 13.0 Å². The SMILES string of the molecule is CN(CCOc1ccc(CCN)cc1)Cc1ccc(Cl)s1. The van der Waals surface area contributed by atoms with Crippen LogP contribution in [0, 0.1) is 0 Å². The van der Waals surface area contributed by atoms with Crippen LogP contribution in [-0.4, -0.2) is 31.6 Å². The van der Waals surface area contributed by atoms with Gasteiger partial charge < -0.3 is 10.5 Å². The number of thiophene rings is 1. The molecule has 1 aromatic heterocycles. The fourth-order valence-corrected chi connectivity index (χ4v) is 3.19. The third kappa shape index (κ3) is 5.67. The summed E-state index contributed by atoms with van der Waals surface area (Å²) >= 11 is 7.56. The summed E-state index contributed by atoms with van der Waals surface area (Å²) < 4.78 is 6.60. The molecule has 21 heavy (non-hydrogen) atoms. The van der Waals surface area contributed by atoms with Crippen LogP contribution in [0.1, 0.15) is 10.4 Å².